The average molecular weight is 839 g/mol. The molecule has 0 saturated carbocycles. The van der Waals surface area contributed by atoms with Crippen molar-refractivity contribution in [3.8, 4) is 57.1 Å². The molecule has 8 nitrogen and oxygen atoms in total. The molecule has 0 spiro atoms. The van der Waals surface area contributed by atoms with E-state index in [4.69, 9.17) is 37.6 Å². The first-order valence-electron chi connectivity index (χ1n) is 24.0. The Balaban J connectivity index is 0.954. The Bertz CT molecular complexity index is 3880. The number of aryl methyl sites for hydroxylation is 3. The third-order valence-corrected chi connectivity index (χ3v) is 12.0. The van der Waals surface area contributed by atoms with Gasteiger partial charge in [-0.25, -0.2) is 9.97 Å². The summed E-state index contributed by atoms with van der Waals surface area (Å²) in [6, 6.07) is 42.4. The highest BCUT2D eigenvalue weighted by molar-refractivity contribution is 6.10. The SMILES string of the molecule is [2H]C([2H])([2H])c1cc(Oc2ccc3c4ccccc4n(-c4cc(C)ccn4)c3c2)cc(-c2cnc(-c3cc(Oc4ccc5c6ccccc6n(-c6cc(C)ccn6)c5c4)c(C([2H])([2H])[2H])c(C)c3C)cn2)c1. The molecule has 0 aliphatic carbocycles. The Labute approximate surface area is 379 Å². The van der Waals surface area contributed by atoms with E-state index >= 15 is 0 Å². The Morgan fingerprint density at radius 1 is 0.438 bits per heavy atom. The van der Waals surface area contributed by atoms with Crippen molar-refractivity contribution in [3.63, 3.8) is 0 Å². The van der Waals surface area contributed by atoms with Gasteiger partial charge in [0.1, 0.15) is 34.6 Å². The van der Waals surface area contributed by atoms with E-state index in [2.05, 4.69) is 33.4 Å². The molecule has 0 unspecified atom stereocenters. The number of fused-ring (bicyclic) bond motifs is 6. The minimum absolute atomic E-state index is 0.0762. The van der Waals surface area contributed by atoms with Crippen molar-refractivity contribution in [1.29, 1.82) is 0 Å². The zero-order valence-corrected chi connectivity index (χ0v) is 35.5. The van der Waals surface area contributed by atoms with Crippen LogP contribution in [0.5, 0.6) is 23.0 Å². The largest absolute Gasteiger partial charge is 0.457 e. The highest BCUT2D eigenvalue weighted by Crippen LogP contribution is 2.40. The van der Waals surface area contributed by atoms with Gasteiger partial charge in [-0.15, -0.1) is 0 Å². The van der Waals surface area contributed by atoms with Gasteiger partial charge in [0.25, 0.3) is 0 Å². The fraction of sp³-hybridized carbons (Fsp3) is 0.107. The first-order valence-corrected chi connectivity index (χ1v) is 21.0. The van der Waals surface area contributed by atoms with Crippen molar-refractivity contribution in [3.05, 3.63) is 192 Å². The first kappa shape index (κ1) is 32.6. The predicted octanol–water partition coefficient (Wildman–Crippen LogP) is 14.2. The second-order valence-corrected chi connectivity index (χ2v) is 16.2. The van der Waals surface area contributed by atoms with E-state index in [1.165, 1.54) is 6.07 Å². The van der Waals surface area contributed by atoms with Crippen LogP contribution in [0.2, 0.25) is 0 Å². The average Bonchev–Trinajstić information content (AvgIpc) is 3.84. The van der Waals surface area contributed by atoms with Crippen LogP contribution in [-0.2, 0) is 0 Å². The van der Waals surface area contributed by atoms with Gasteiger partial charge in [-0.1, -0.05) is 36.4 Å². The van der Waals surface area contributed by atoms with Crippen molar-refractivity contribution in [1.82, 2.24) is 29.1 Å². The quantitative estimate of drug-likeness (QED) is 0.152. The number of rotatable bonds is 8. The van der Waals surface area contributed by atoms with Gasteiger partial charge in [0.15, 0.2) is 0 Å². The smallest absolute Gasteiger partial charge is 0.137 e. The molecule has 6 aromatic carbocycles. The molecule has 0 bridgehead atoms. The Hall–Kier alpha value is -8.10. The van der Waals surface area contributed by atoms with Crippen LogP contribution < -0.4 is 9.47 Å². The summed E-state index contributed by atoms with van der Waals surface area (Å²) in [6.45, 7) is 2.73. The van der Waals surface area contributed by atoms with E-state index in [0.29, 0.717) is 50.9 Å². The second kappa shape index (κ2) is 15.4. The Morgan fingerprint density at radius 3 is 1.59 bits per heavy atom. The van der Waals surface area contributed by atoms with Crippen LogP contribution in [0.25, 0.3) is 77.8 Å². The van der Waals surface area contributed by atoms with E-state index in [0.717, 1.165) is 66.4 Å². The molecule has 0 radical (unpaired) electrons. The molecule has 0 aliphatic rings. The lowest BCUT2D eigenvalue weighted by molar-refractivity contribution is 0.479. The van der Waals surface area contributed by atoms with Crippen molar-refractivity contribution < 1.29 is 17.7 Å². The zero-order chi connectivity index (χ0) is 48.6. The third kappa shape index (κ3) is 6.71. The number of ether oxygens (including phenoxy) is 2. The van der Waals surface area contributed by atoms with Gasteiger partial charge in [-0.05, 0) is 160 Å². The number of pyridine rings is 2. The molecule has 11 aromatic rings. The highest BCUT2D eigenvalue weighted by atomic mass is 16.5. The number of hydrogen-bond acceptors (Lipinski definition) is 6. The Morgan fingerprint density at radius 2 is 1.02 bits per heavy atom. The van der Waals surface area contributed by atoms with Crippen LogP contribution >= 0.6 is 0 Å². The van der Waals surface area contributed by atoms with Crippen molar-refractivity contribution in [2.45, 2.75) is 41.4 Å². The molecular formula is C56H44N6O2. The molecule has 0 atom stereocenters. The molecule has 0 amide bonds. The fourth-order valence-electron chi connectivity index (χ4n) is 8.72. The van der Waals surface area contributed by atoms with Crippen LogP contribution in [-0.4, -0.2) is 29.1 Å². The van der Waals surface area contributed by atoms with Crippen LogP contribution in [0.1, 0.15) is 41.6 Å². The van der Waals surface area contributed by atoms with Gasteiger partial charge < -0.3 is 9.47 Å². The predicted molar refractivity (Wildman–Crippen MR) is 259 cm³/mol. The number of nitrogens with zero attached hydrogens (tertiary/aromatic N) is 6. The van der Waals surface area contributed by atoms with E-state index in [9.17, 15) is 0 Å². The maximum atomic E-state index is 8.61. The first-order chi connectivity index (χ1) is 33.6. The molecule has 0 saturated heterocycles. The summed E-state index contributed by atoms with van der Waals surface area (Å²) in [5.41, 5.74) is 9.29. The number of hydrogen-bond donors (Lipinski definition) is 0. The summed E-state index contributed by atoms with van der Waals surface area (Å²) in [7, 11) is 0. The molecule has 11 rings (SSSR count). The summed E-state index contributed by atoms with van der Waals surface area (Å²) < 4.78 is 68.2. The van der Waals surface area contributed by atoms with Crippen molar-refractivity contribution in [2.75, 3.05) is 0 Å². The van der Waals surface area contributed by atoms with E-state index in [-0.39, 0.29) is 16.9 Å². The van der Waals surface area contributed by atoms with E-state index in [1.807, 2.05) is 106 Å². The van der Waals surface area contributed by atoms with Crippen LogP contribution in [0.3, 0.4) is 0 Å². The zero-order valence-electron chi connectivity index (χ0n) is 41.5. The lowest BCUT2D eigenvalue weighted by Crippen LogP contribution is -1.99. The fourth-order valence-corrected chi connectivity index (χ4v) is 8.72. The van der Waals surface area contributed by atoms with Gasteiger partial charge >= 0.3 is 0 Å². The topological polar surface area (TPSA) is 79.9 Å². The lowest BCUT2D eigenvalue weighted by Gasteiger charge is -2.17. The van der Waals surface area contributed by atoms with E-state index < -0.39 is 13.7 Å². The summed E-state index contributed by atoms with van der Waals surface area (Å²) in [4.78, 5) is 19.0. The van der Waals surface area contributed by atoms with Crippen LogP contribution in [0.4, 0.5) is 0 Å². The molecule has 8 heteroatoms. The van der Waals surface area contributed by atoms with Crippen molar-refractivity contribution >= 4 is 43.6 Å². The van der Waals surface area contributed by atoms with Gasteiger partial charge in [-0.3, -0.25) is 19.1 Å². The Kier molecular flexibility index (Phi) is 7.82. The van der Waals surface area contributed by atoms with Gasteiger partial charge in [0, 0.05) is 65.4 Å². The number of benzene rings is 6. The summed E-state index contributed by atoms with van der Waals surface area (Å²) in [5.74, 6) is 2.96. The molecule has 5 aromatic heterocycles. The molecular weight excluding hydrogens is 789 g/mol. The van der Waals surface area contributed by atoms with Gasteiger partial charge in [0.05, 0.1) is 45.8 Å². The van der Waals surface area contributed by atoms with Gasteiger partial charge in [-0.2, -0.15) is 0 Å². The molecule has 0 fully saturated rings. The summed E-state index contributed by atoms with van der Waals surface area (Å²) in [5, 5.41) is 4.14. The summed E-state index contributed by atoms with van der Waals surface area (Å²) in [6.07, 6.45) is 6.76. The van der Waals surface area contributed by atoms with Crippen molar-refractivity contribution in [2.24, 2.45) is 0 Å². The molecule has 0 aliphatic heterocycles. The summed E-state index contributed by atoms with van der Waals surface area (Å²) >= 11 is 0. The monoisotopic (exact) mass is 838 g/mol. The van der Waals surface area contributed by atoms with Crippen LogP contribution in [0.15, 0.2) is 158 Å². The molecule has 5 heterocycles. The standard InChI is InChI=1S/C56H44N6O2/c1-33-19-21-57-55(25-33)61-50-13-9-7-11-43(50)45-17-15-40(28-52(45)61)63-42-24-35(3)23-39(27-42)48-31-60-49(32-59-48)47-30-54(38(6)36(4)37(47)5)64-41-16-18-46-44-12-8-10-14-51(44)62(53(46)29-41)56-26-34(2)20-22-58-56/h7-32H,1-6H3/i3D3,6D3. The minimum atomic E-state index is -2.50. The second-order valence-electron chi connectivity index (χ2n) is 16.2. The third-order valence-electron chi connectivity index (χ3n) is 12.0. The molecule has 64 heavy (non-hydrogen) atoms. The minimum Gasteiger partial charge on any atom is -0.457 e. The van der Waals surface area contributed by atoms with Crippen LogP contribution in [0, 0.1) is 41.4 Å². The maximum absolute atomic E-state index is 8.61. The number of aromatic nitrogens is 6. The molecule has 310 valence electrons. The highest BCUT2D eigenvalue weighted by Gasteiger charge is 2.19. The number of para-hydroxylation sites is 2. The lowest BCUT2D eigenvalue weighted by atomic mass is 9.96. The molecule has 0 N–H and O–H groups in total. The van der Waals surface area contributed by atoms with E-state index in [1.54, 1.807) is 49.9 Å². The normalized spacial score (nSPS) is 13.4. The van der Waals surface area contributed by atoms with Gasteiger partial charge in [0.2, 0.25) is 0 Å². The maximum Gasteiger partial charge on any atom is 0.137 e.